The molecule has 0 spiro atoms. The van der Waals surface area contributed by atoms with Crippen LogP contribution in [0.5, 0.6) is 0 Å². The summed E-state index contributed by atoms with van der Waals surface area (Å²) in [5.74, 6) is 1.28. The fraction of sp³-hybridized carbons (Fsp3) is 0.818. The van der Waals surface area contributed by atoms with Gasteiger partial charge in [0.25, 0.3) is 0 Å². The number of nitrogens with two attached hydrogens (primary N) is 1. The summed E-state index contributed by atoms with van der Waals surface area (Å²) in [6.07, 6.45) is 3.45. The maximum absolute atomic E-state index is 6.35. The second-order valence-corrected chi connectivity index (χ2v) is 4.38. The van der Waals surface area contributed by atoms with E-state index in [2.05, 4.69) is 17.1 Å². The Kier molecular flexibility index (Phi) is 3.25. The van der Waals surface area contributed by atoms with Gasteiger partial charge in [-0.05, 0) is 19.3 Å². The minimum Gasteiger partial charge on any atom is -0.378 e. The number of aryl methyl sites for hydroxylation is 1. The standard InChI is InChI=1S/C11H19N3O2/c1-3-8-7-11(12,5-6-15-8)10-13-9(4-2)16-14-10/h8H,3-7,12H2,1-2H3. The molecule has 0 aliphatic carbocycles. The Hall–Kier alpha value is -0.940. The van der Waals surface area contributed by atoms with Crippen LogP contribution in [-0.2, 0) is 16.7 Å². The van der Waals surface area contributed by atoms with Gasteiger partial charge >= 0.3 is 0 Å². The molecule has 1 aliphatic rings. The van der Waals surface area contributed by atoms with Gasteiger partial charge in [0.05, 0.1) is 11.6 Å². The van der Waals surface area contributed by atoms with Crippen LogP contribution in [0.15, 0.2) is 4.52 Å². The van der Waals surface area contributed by atoms with Crippen LogP contribution >= 0.6 is 0 Å². The quantitative estimate of drug-likeness (QED) is 0.841. The van der Waals surface area contributed by atoms with E-state index in [0.29, 0.717) is 18.3 Å². The maximum Gasteiger partial charge on any atom is 0.226 e. The van der Waals surface area contributed by atoms with Gasteiger partial charge in [0.1, 0.15) is 0 Å². The Morgan fingerprint density at radius 3 is 2.94 bits per heavy atom. The van der Waals surface area contributed by atoms with Crippen LogP contribution < -0.4 is 5.73 Å². The van der Waals surface area contributed by atoms with Gasteiger partial charge in [0.15, 0.2) is 5.82 Å². The number of nitrogens with zero attached hydrogens (tertiary/aromatic N) is 2. The lowest BCUT2D eigenvalue weighted by molar-refractivity contribution is -0.0239. The molecule has 2 atom stereocenters. The van der Waals surface area contributed by atoms with E-state index in [4.69, 9.17) is 15.0 Å². The van der Waals surface area contributed by atoms with E-state index in [1.807, 2.05) is 6.92 Å². The van der Waals surface area contributed by atoms with Gasteiger partial charge < -0.3 is 15.0 Å². The van der Waals surface area contributed by atoms with Gasteiger partial charge in [-0.1, -0.05) is 19.0 Å². The molecule has 1 saturated heterocycles. The summed E-state index contributed by atoms with van der Waals surface area (Å²) in [5.41, 5.74) is 5.87. The number of rotatable bonds is 3. The van der Waals surface area contributed by atoms with E-state index in [1.54, 1.807) is 0 Å². The van der Waals surface area contributed by atoms with Gasteiger partial charge in [-0.15, -0.1) is 0 Å². The van der Waals surface area contributed by atoms with Crippen molar-refractivity contribution < 1.29 is 9.26 Å². The Balaban J connectivity index is 2.16. The molecule has 2 N–H and O–H groups in total. The molecule has 0 amide bonds. The fourth-order valence-corrected chi connectivity index (χ4v) is 2.04. The van der Waals surface area contributed by atoms with E-state index < -0.39 is 5.54 Å². The van der Waals surface area contributed by atoms with Gasteiger partial charge in [0.2, 0.25) is 5.89 Å². The zero-order chi connectivity index (χ0) is 11.6. The van der Waals surface area contributed by atoms with Crippen LogP contribution in [0.4, 0.5) is 0 Å². The molecule has 1 fully saturated rings. The number of hydrogen-bond acceptors (Lipinski definition) is 5. The first kappa shape index (κ1) is 11.5. The summed E-state index contributed by atoms with van der Waals surface area (Å²) in [6.45, 7) is 4.76. The first-order valence-electron chi connectivity index (χ1n) is 5.91. The smallest absolute Gasteiger partial charge is 0.226 e. The van der Waals surface area contributed by atoms with Gasteiger partial charge in [-0.25, -0.2) is 0 Å². The first-order valence-corrected chi connectivity index (χ1v) is 5.91. The molecule has 2 unspecified atom stereocenters. The lowest BCUT2D eigenvalue weighted by Crippen LogP contribution is -2.46. The molecule has 2 rings (SSSR count). The normalized spacial score (nSPS) is 30.6. The molecule has 5 heteroatoms. The van der Waals surface area contributed by atoms with Crippen molar-refractivity contribution in [2.45, 2.75) is 51.2 Å². The molecule has 0 radical (unpaired) electrons. The van der Waals surface area contributed by atoms with Crippen molar-refractivity contribution in [1.82, 2.24) is 10.1 Å². The van der Waals surface area contributed by atoms with Crippen molar-refractivity contribution in [2.24, 2.45) is 5.73 Å². The molecule has 5 nitrogen and oxygen atoms in total. The predicted molar refractivity (Wildman–Crippen MR) is 58.8 cm³/mol. The summed E-state index contributed by atoms with van der Waals surface area (Å²) in [7, 11) is 0. The van der Waals surface area contributed by atoms with Gasteiger partial charge in [-0.3, -0.25) is 0 Å². The zero-order valence-electron chi connectivity index (χ0n) is 9.90. The molecule has 1 aromatic rings. The highest BCUT2D eigenvalue weighted by atomic mass is 16.5. The minimum atomic E-state index is -0.476. The van der Waals surface area contributed by atoms with Gasteiger partial charge in [-0.2, -0.15) is 4.98 Å². The van der Waals surface area contributed by atoms with Crippen molar-refractivity contribution >= 4 is 0 Å². The predicted octanol–water partition coefficient (Wildman–Crippen LogP) is 1.37. The van der Waals surface area contributed by atoms with Crippen LogP contribution in [0.25, 0.3) is 0 Å². The molecule has 0 aromatic carbocycles. The van der Waals surface area contributed by atoms with Crippen LogP contribution in [-0.4, -0.2) is 22.9 Å². The molecule has 90 valence electrons. The summed E-state index contributed by atoms with van der Waals surface area (Å²) >= 11 is 0. The van der Waals surface area contributed by atoms with Crippen molar-refractivity contribution in [3.8, 4) is 0 Å². The maximum atomic E-state index is 6.35. The number of ether oxygens (including phenoxy) is 1. The summed E-state index contributed by atoms with van der Waals surface area (Å²) in [5, 5.41) is 3.98. The Morgan fingerprint density at radius 2 is 2.31 bits per heavy atom. The van der Waals surface area contributed by atoms with E-state index in [-0.39, 0.29) is 6.10 Å². The highest BCUT2D eigenvalue weighted by Gasteiger charge is 2.38. The Bertz CT molecular complexity index is 353. The summed E-state index contributed by atoms with van der Waals surface area (Å²) in [6, 6.07) is 0. The van der Waals surface area contributed by atoms with E-state index in [0.717, 1.165) is 25.7 Å². The van der Waals surface area contributed by atoms with Crippen LogP contribution in [0, 0.1) is 0 Å². The Labute approximate surface area is 95.3 Å². The first-order chi connectivity index (χ1) is 7.68. The summed E-state index contributed by atoms with van der Waals surface area (Å²) in [4.78, 5) is 4.33. The largest absolute Gasteiger partial charge is 0.378 e. The second-order valence-electron chi connectivity index (χ2n) is 4.38. The van der Waals surface area contributed by atoms with Crippen molar-refractivity contribution in [3.05, 3.63) is 11.7 Å². The topological polar surface area (TPSA) is 74.2 Å². The second kappa shape index (κ2) is 4.51. The molecular weight excluding hydrogens is 206 g/mol. The molecular formula is C11H19N3O2. The van der Waals surface area contributed by atoms with Crippen molar-refractivity contribution in [2.75, 3.05) is 6.61 Å². The third kappa shape index (κ3) is 2.10. The van der Waals surface area contributed by atoms with Gasteiger partial charge in [0, 0.05) is 13.0 Å². The highest BCUT2D eigenvalue weighted by molar-refractivity contribution is 5.06. The number of hydrogen-bond donors (Lipinski definition) is 1. The summed E-state index contributed by atoms with van der Waals surface area (Å²) < 4.78 is 10.7. The highest BCUT2D eigenvalue weighted by Crippen LogP contribution is 2.31. The molecule has 0 bridgehead atoms. The van der Waals surface area contributed by atoms with E-state index >= 15 is 0 Å². The number of aromatic nitrogens is 2. The third-order valence-electron chi connectivity index (χ3n) is 3.16. The van der Waals surface area contributed by atoms with E-state index in [1.165, 1.54) is 0 Å². The monoisotopic (exact) mass is 225 g/mol. The third-order valence-corrected chi connectivity index (χ3v) is 3.16. The average Bonchev–Trinajstić information content (AvgIpc) is 2.78. The lowest BCUT2D eigenvalue weighted by atomic mass is 9.86. The van der Waals surface area contributed by atoms with Crippen molar-refractivity contribution in [1.29, 1.82) is 0 Å². The average molecular weight is 225 g/mol. The zero-order valence-corrected chi connectivity index (χ0v) is 9.90. The molecule has 1 aromatic heterocycles. The van der Waals surface area contributed by atoms with Crippen LogP contribution in [0.1, 0.15) is 44.8 Å². The Morgan fingerprint density at radius 1 is 1.50 bits per heavy atom. The SMILES string of the molecule is CCc1nc(C2(N)CCOC(CC)C2)no1. The molecule has 0 saturated carbocycles. The fourth-order valence-electron chi connectivity index (χ4n) is 2.04. The van der Waals surface area contributed by atoms with Crippen LogP contribution in [0.2, 0.25) is 0 Å². The molecule has 16 heavy (non-hydrogen) atoms. The molecule has 1 aliphatic heterocycles. The lowest BCUT2D eigenvalue weighted by Gasteiger charge is -2.35. The minimum absolute atomic E-state index is 0.210. The van der Waals surface area contributed by atoms with E-state index in [9.17, 15) is 0 Å². The van der Waals surface area contributed by atoms with Crippen LogP contribution in [0.3, 0.4) is 0 Å². The molecule has 2 heterocycles. The van der Waals surface area contributed by atoms with Crippen molar-refractivity contribution in [3.63, 3.8) is 0 Å².